The quantitative estimate of drug-likeness (QED) is 0.562. The Morgan fingerprint density at radius 3 is 2.52 bits per heavy atom. The van der Waals surface area contributed by atoms with E-state index < -0.39 is 10.0 Å². The molecule has 1 aromatic heterocycles. The number of nitrogens with zero attached hydrogens (tertiary/aromatic N) is 1. The average molecular weight is 434 g/mol. The number of sulfonamides is 1. The van der Waals surface area contributed by atoms with Crippen LogP contribution in [0.15, 0.2) is 58.9 Å². The van der Waals surface area contributed by atoms with Gasteiger partial charge in [-0.3, -0.25) is 9.52 Å². The van der Waals surface area contributed by atoms with Crippen molar-refractivity contribution in [3.63, 3.8) is 0 Å². The van der Waals surface area contributed by atoms with Gasteiger partial charge >= 0.3 is 0 Å². The van der Waals surface area contributed by atoms with Gasteiger partial charge in [0.15, 0.2) is 16.6 Å². The van der Waals surface area contributed by atoms with Crippen LogP contribution in [0.5, 0.6) is 11.5 Å². The minimum absolute atomic E-state index is 0.0634. The van der Waals surface area contributed by atoms with Crippen molar-refractivity contribution in [2.24, 2.45) is 0 Å². The second kappa shape index (κ2) is 8.93. The van der Waals surface area contributed by atoms with E-state index in [1.54, 1.807) is 23.6 Å². The molecule has 1 amide bonds. The summed E-state index contributed by atoms with van der Waals surface area (Å²) in [4.78, 5) is 16.5. The predicted octanol–water partition coefficient (Wildman–Crippen LogP) is 3.60. The van der Waals surface area contributed by atoms with Gasteiger partial charge in [-0.25, -0.2) is 13.4 Å². The maximum atomic E-state index is 12.5. The number of carbonyl (C=O) groups is 1. The van der Waals surface area contributed by atoms with Crippen molar-refractivity contribution in [3.05, 3.63) is 59.6 Å². The van der Waals surface area contributed by atoms with Gasteiger partial charge in [0.05, 0.1) is 18.6 Å². The van der Waals surface area contributed by atoms with E-state index >= 15 is 0 Å². The lowest BCUT2D eigenvalue weighted by Crippen LogP contribution is -2.14. The smallest absolute Gasteiger partial charge is 0.263 e. The molecule has 0 unspecified atom stereocenters. The van der Waals surface area contributed by atoms with E-state index in [1.807, 2.05) is 6.92 Å². The minimum atomic E-state index is -3.75. The molecular formula is C19H19N3O5S2. The van der Waals surface area contributed by atoms with Crippen molar-refractivity contribution in [2.45, 2.75) is 11.8 Å². The standard InChI is InChI=1S/C19H19N3O5S2/c1-3-27-16-9-4-13(12-17(16)26-2)18(23)21-14-5-7-15(8-6-14)29(24,25)22-19-20-10-11-28-19/h4-12H,3H2,1-2H3,(H,20,22)(H,21,23). The molecule has 3 aromatic rings. The first-order chi connectivity index (χ1) is 13.9. The Kier molecular flexibility index (Phi) is 6.35. The van der Waals surface area contributed by atoms with Crippen LogP contribution in [-0.4, -0.2) is 33.0 Å². The zero-order valence-electron chi connectivity index (χ0n) is 15.7. The van der Waals surface area contributed by atoms with Crippen molar-refractivity contribution in [1.29, 1.82) is 0 Å². The Balaban J connectivity index is 1.71. The average Bonchev–Trinajstić information content (AvgIpc) is 3.21. The lowest BCUT2D eigenvalue weighted by molar-refractivity contribution is 0.102. The van der Waals surface area contributed by atoms with Gasteiger partial charge < -0.3 is 14.8 Å². The van der Waals surface area contributed by atoms with Crippen LogP contribution >= 0.6 is 11.3 Å². The van der Waals surface area contributed by atoms with Gasteiger partial charge in [0.2, 0.25) is 0 Å². The van der Waals surface area contributed by atoms with E-state index in [4.69, 9.17) is 9.47 Å². The van der Waals surface area contributed by atoms with Crippen LogP contribution in [0.1, 0.15) is 17.3 Å². The number of ether oxygens (including phenoxy) is 2. The summed E-state index contributed by atoms with van der Waals surface area (Å²) in [7, 11) is -2.25. The monoisotopic (exact) mass is 433 g/mol. The van der Waals surface area contributed by atoms with Gasteiger partial charge in [-0.1, -0.05) is 0 Å². The molecule has 0 fully saturated rings. The fourth-order valence-electron chi connectivity index (χ4n) is 2.45. The lowest BCUT2D eigenvalue weighted by Gasteiger charge is -2.11. The van der Waals surface area contributed by atoms with Crippen molar-refractivity contribution >= 4 is 38.1 Å². The second-order valence-corrected chi connectivity index (χ2v) is 8.30. The van der Waals surface area contributed by atoms with Crippen LogP contribution in [0.3, 0.4) is 0 Å². The first kappa shape index (κ1) is 20.6. The predicted molar refractivity (Wildman–Crippen MR) is 111 cm³/mol. The number of anilines is 2. The Morgan fingerprint density at radius 1 is 1.14 bits per heavy atom. The van der Waals surface area contributed by atoms with Gasteiger partial charge in [-0.15, -0.1) is 11.3 Å². The highest BCUT2D eigenvalue weighted by atomic mass is 32.2. The van der Waals surface area contributed by atoms with E-state index in [9.17, 15) is 13.2 Å². The third-order valence-electron chi connectivity index (χ3n) is 3.80. The molecule has 0 radical (unpaired) electrons. The molecular weight excluding hydrogens is 414 g/mol. The molecule has 29 heavy (non-hydrogen) atoms. The van der Waals surface area contributed by atoms with E-state index in [0.29, 0.717) is 29.4 Å². The Labute approximate surface area is 172 Å². The maximum absolute atomic E-state index is 12.5. The SMILES string of the molecule is CCOc1ccc(C(=O)Nc2ccc(S(=O)(=O)Nc3nccs3)cc2)cc1OC. The van der Waals surface area contributed by atoms with Gasteiger partial charge in [0, 0.05) is 22.8 Å². The first-order valence-corrected chi connectivity index (χ1v) is 10.9. The number of rotatable bonds is 8. The zero-order chi connectivity index (χ0) is 20.9. The van der Waals surface area contributed by atoms with Crippen molar-refractivity contribution in [3.8, 4) is 11.5 Å². The largest absolute Gasteiger partial charge is 0.493 e. The van der Waals surface area contributed by atoms with Gasteiger partial charge in [0.25, 0.3) is 15.9 Å². The Hall–Kier alpha value is -3.11. The van der Waals surface area contributed by atoms with Crippen LogP contribution in [0.2, 0.25) is 0 Å². The highest BCUT2D eigenvalue weighted by molar-refractivity contribution is 7.93. The number of amides is 1. The zero-order valence-corrected chi connectivity index (χ0v) is 17.3. The van der Waals surface area contributed by atoms with Gasteiger partial charge in [0.1, 0.15) is 0 Å². The molecule has 1 heterocycles. The fraction of sp³-hybridized carbons (Fsp3) is 0.158. The van der Waals surface area contributed by atoms with Crippen LogP contribution < -0.4 is 19.5 Å². The molecule has 0 aliphatic rings. The van der Waals surface area contributed by atoms with Gasteiger partial charge in [-0.2, -0.15) is 0 Å². The van der Waals surface area contributed by atoms with Crippen molar-refractivity contribution in [1.82, 2.24) is 4.98 Å². The first-order valence-electron chi connectivity index (χ1n) is 8.57. The molecule has 8 nitrogen and oxygen atoms in total. The molecule has 10 heteroatoms. The molecule has 0 bridgehead atoms. The summed E-state index contributed by atoms with van der Waals surface area (Å²) < 4.78 is 37.8. The van der Waals surface area contributed by atoms with Crippen molar-refractivity contribution < 1.29 is 22.7 Å². The highest BCUT2D eigenvalue weighted by Crippen LogP contribution is 2.28. The van der Waals surface area contributed by atoms with E-state index in [2.05, 4.69) is 15.0 Å². The molecule has 2 N–H and O–H groups in total. The molecule has 0 atom stereocenters. The fourth-order valence-corrected chi connectivity index (χ4v) is 4.24. The number of carbonyl (C=O) groups excluding carboxylic acids is 1. The van der Waals surface area contributed by atoms with Crippen LogP contribution in [0.4, 0.5) is 10.8 Å². The molecule has 0 saturated heterocycles. The summed E-state index contributed by atoms with van der Waals surface area (Å²) in [5.41, 5.74) is 0.837. The maximum Gasteiger partial charge on any atom is 0.263 e. The third kappa shape index (κ3) is 5.04. The molecule has 2 aromatic carbocycles. The highest BCUT2D eigenvalue weighted by Gasteiger charge is 2.16. The number of hydrogen-bond acceptors (Lipinski definition) is 7. The number of nitrogens with one attached hydrogen (secondary N) is 2. The van der Waals surface area contributed by atoms with Crippen LogP contribution in [-0.2, 0) is 10.0 Å². The summed E-state index contributed by atoms with van der Waals surface area (Å²) in [5, 5.41) is 4.68. The van der Waals surface area contributed by atoms with Gasteiger partial charge in [-0.05, 0) is 49.4 Å². The molecule has 0 aliphatic heterocycles. The lowest BCUT2D eigenvalue weighted by atomic mass is 10.2. The molecule has 0 aliphatic carbocycles. The molecule has 152 valence electrons. The summed E-state index contributed by atoms with van der Waals surface area (Å²) >= 11 is 1.18. The third-order valence-corrected chi connectivity index (χ3v) is 5.97. The summed E-state index contributed by atoms with van der Waals surface area (Å²) in [6.45, 7) is 2.34. The summed E-state index contributed by atoms with van der Waals surface area (Å²) in [6, 6.07) is 10.7. The number of hydrogen-bond donors (Lipinski definition) is 2. The minimum Gasteiger partial charge on any atom is -0.493 e. The van der Waals surface area contributed by atoms with Crippen LogP contribution in [0.25, 0.3) is 0 Å². The summed E-state index contributed by atoms with van der Waals surface area (Å²) in [6.07, 6.45) is 1.51. The number of methoxy groups -OCH3 is 1. The molecule has 0 spiro atoms. The van der Waals surface area contributed by atoms with Crippen molar-refractivity contribution in [2.75, 3.05) is 23.8 Å². The molecule has 3 rings (SSSR count). The van der Waals surface area contributed by atoms with E-state index in [1.165, 1.54) is 48.9 Å². The Bertz CT molecular complexity index is 1080. The Morgan fingerprint density at radius 2 is 1.90 bits per heavy atom. The number of benzene rings is 2. The van der Waals surface area contributed by atoms with E-state index in [0.717, 1.165) is 0 Å². The second-order valence-electron chi connectivity index (χ2n) is 5.72. The molecule has 0 saturated carbocycles. The topological polar surface area (TPSA) is 107 Å². The van der Waals surface area contributed by atoms with Crippen LogP contribution in [0, 0.1) is 0 Å². The number of aromatic nitrogens is 1. The normalized spacial score (nSPS) is 11.0. The number of thiazole rings is 1. The van der Waals surface area contributed by atoms with E-state index in [-0.39, 0.29) is 15.9 Å². The summed E-state index contributed by atoms with van der Waals surface area (Å²) in [5.74, 6) is 0.644.